The van der Waals surface area contributed by atoms with Crippen molar-refractivity contribution in [1.29, 1.82) is 5.26 Å². The van der Waals surface area contributed by atoms with Gasteiger partial charge in [-0.15, -0.1) is 0 Å². The molecule has 104 valence electrons. The molecule has 6 nitrogen and oxygen atoms in total. The molecule has 20 heavy (non-hydrogen) atoms. The first-order chi connectivity index (χ1) is 9.53. The maximum Gasteiger partial charge on any atom is 0.293 e. The Balaban J connectivity index is 2.54. The number of nitrogens with zero attached hydrogens (tertiary/aromatic N) is 1. The van der Waals surface area contributed by atoms with Gasteiger partial charge in [-0.05, 0) is 32.0 Å². The molecule has 2 atom stereocenters. The van der Waals surface area contributed by atoms with Crippen LogP contribution in [0.2, 0.25) is 0 Å². The highest BCUT2D eigenvalue weighted by Gasteiger charge is 2.45. The van der Waals surface area contributed by atoms with Crippen molar-refractivity contribution >= 4 is 12.9 Å². The van der Waals surface area contributed by atoms with Gasteiger partial charge in [0.05, 0.1) is 17.7 Å². The van der Waals surface area contributed by atoms with Gasteiger partial charge < -0.3 is 14.8 Å². The van der Waals surface area contributed by atoms with Gasteiger partial charge in [0.1, 0.15) is 11.4 Å². The molecule has 0 saturated carbocycles. The van der Waals surface area contributed by atoms with E-state index in [1.54, 1.807) is 32.0 Å². The maximum atomic E-state index is 10.8. The number of benzene rings is 1. The lowest BCUT2D eigenvalue weighted by molar-refractivity contribution is -0.151. The minimum absolute atomic E-state index is 0.328. The molecule has 0 aliphatic carbocycles. The Morgan fingerprint density at radius 2 is 2.20 bits per heavy atom. The molecule has 0 spiro atoms. The number of nitriles is 1. The summed E-state index contributed by atoms with van der Waals surface area (Å²) in [5.41, 5.74) is 0.250. The Bertz CT molecular complexity index is 577. The van der Waals surface area contributed by atoms with E-state index in [0.29, 0.717) is 29.8 Å². The Hall–Kier alpha value is -2.55. The van der Waals surface area contributed by atoms with E-state index in [1.165, 1.54) is 0 Å². The van der Waals surface area contributed by atoms with E-state index in [4.69, 9.17) is 14.7 Å². The average Bonchev–Trinajstić information content (AvgIpc) is 2.42. The van der Waals surface area contributed by atoms with Crippen LogP contribution in [0.25, 0.3) is 0 Å². The first-order valence-electron chi connectivity index (χ1n) is 6.05. The SMILES string of the molecule is CC1(C)Oc2ccc(C#N)cc2[C@@H](NC=O)[C@@H]1OC=O. The molecule has 1 amide bonds. The highest BCUT2D eigenvalue weighted by molar-refractivity contribution is 5.53. The molecule has 1 aliphatic heterocycles. The second-order valence-corrected chi connectivity index (χ2v) is 4.99. The third kappa shape index (κ3) is 2.30. The molecule has 0 radical (unpaired) electrons. The van der Waals surface area contributed by atoms with Crippen LogP contribution in [0.15, 0.2) is 18.2 Å². The molecular weight excluding hydrogens is 260 g/mol. The van der Waals surface area contributed by atoms with Crippen molar-refractivity contribution in [2.45, 2.75) is 31.6 Å². The standard InChI is InChI=1S/C14H14N2O4/c1-14(2)13(19-8-18)12(16-7-17)10-5-9(6-15)3-4-11(10)20-14/h3-5,7-8,12-13H,1-2H3,(H,16,17)/t12-,13+/m1/s1. The molecule has 1 N–H and O–H groups in total. The van der Waals surface area contributed by atoms with Crippen molar-refractivity contribution in [3.05, 3.63) is 29.3 Å². The molecule has 1 aliphatic rings. The van der Waals surface area contributed by atoms with E-state index < -0.39 is 17.7 Å². The number of rotatable bonds is 4. The molecule has 0 fully saturated rings. The molecule has 0 bridgehead atoms. The van der Waals surface area contributed by atoms with E-state index in [1.807, 2.05) is 6.07 Å². The quantitative estimate of drug-likeness (QED) is 0.829. The predicted molar refractivity (Wildman–Crippen MR) is 68.7 cm³/mol. The Labute approximate surface area is 116 Å². The average molecular weight is 274 g/mol. The third-order valence-electron chi connectivity index (χ3n) is 3.28. The minimum atomic E-state index is -0.803. The normalized spacial score (nSPS) is 22.6. The summed E-state index contributed by atoms with van der Waals surface area (Å²) in [6, 6.07) is 6.38. The second-order valence-electron chi connectivity index (χ2n) is 4.99. The van der Waals surface area contributed by atoms with Gasteiger partial charge in [-0.1, -0.05) is 0 Å². The highest BCUT2D eigenvalue weighted by Crippen LogP contribution is 2.41. The van der Waals surface area contributed by atoms with Gasteiger partial charge in [-0.25, -0.2) is 0 Å². The summed E-state index contributed by atoms with van der Waals surface area (Å²) in [6.07, 6.45) is -0.151. The largest absolute Gasteiger partial charge is 0.484 e. The van der Waals surface area contributed by atoms with E-state index in [2.05, 4.69) is 5.32 Å². The van der Waals surface area contributed by atoms with E-state index in [9.17, 15) is 9.59 Å². The summed E-state index contributed by atoms with van der Waals surface area (Å²) in [6.45, 7) is 3.86. The lowest BCUT2D eigenvalue weighted by Crippen LogP contribution is -2.53. The first kappa shape index (κ1) is 13.9. The molecule has 1 aromatic carbocycles. The Morgan fingerprint density at radius 1 is 1.45 bits per heavy atom. The van der Waals surface area contributed by atoms with Gasteiger partial charge in [-0.3, -0.25) is 9.59 Å². The number of hydrogen-bond acceptors (Lipinski definition) is 5. The molecule has 0 unspecified atom stereocenters. The highest BCUT2D eigenvalue weighted by atomic mass is 16.6. The van der Waals surface area contributed by atoms with Gasteiger partial charge >= 0.3 is 0 Å². The van der Waals surface area contributed by atoms with E-state index in [0.717, 1.165) is 0 Å². The van der Waals surface area contributed by atoms with Gasteiger partial charge in [0, 0.05) is 5.56 Å². The molecular formula is C14H14N2O4. The lowest BCUT2D eigenvalue weighted by atomic mass is 9.86. The number of hydrogen-bond donors (Lipinski definition) is 1. The molecule has 2 rings (SSSR count). The van der Waals surface area contributed by atoms with Crippen molar-refractivity contribution < 1.29 is 19.1 Å². The first-order valence-corrected chi connectivity index (χ1v) is 6.05. The Morgan fingerprint density at radius 3 is 2.80 bits per heavy atom. The van der Waals surface area contributed by atoms with Crippen LogP contribution in [-0.2, 0) is 14.3 Å². The number of nitrogens with one attached hydrogen (secondary N) is 1. The van der Waals surface area contributed by atoms with Crippen LogP contribution >= 0.6 is 0 Å². The smallest absolute Gasteiger partial charge is 0.293 e. The zero-order chi connectivity index (χ0) is 14.8. The maximum absolute atomic E-state index is 10.8. The van der Waals surface area contributed by atoms with Gasteiger partial charge in [-0.2, -0.15) is 5.26 Å². The summed E-state index contributed by atoms with van der Waals surface area (Å²) >= 11 is 0. The van der Waals surface area contributed by atoms with Crippen LogP contribution < -0.4 is 10.1 Å². The van der Waals surface area contributed by atoms with Crippen LogP contribution in [0.5, 0.6) is 5.75 Å². The monoisotopic (exact) mass is 274 g/mol. The number of amides is 1. The van der Waals surface area contributed by atoms with Crippen LogP contribution in [-0.4, -0.2) is 24.6 Å². The van der Waals surface area contributed by atoms with Gasteiger partial charge in [0.2, 0.25) is 6.41 Å². The zero-order valence-electron chi connectivity index (χ0n) is 11.1. The van der Waals surface area contributed by atoms with Crippen LogP contribution in [0, 0.1) is 11.3 Å². The summed E-state index contributed by atoms with van der Waals surface area (Å²) in [4.78, 5) is 21.5. The molecule has 0 saturated heterocycles. The fourth-order valence-electron chi connectivity index (χ4n) is 2.41. The molecule has 6 heteroatoms. The van der Waals surface area contributed by atoms with Crippen molar-refractivity contribution in [3.8, 4) is 11.8 Å². The topological polar surface area (TPSA) is 88.4 Å². The van der Waals surface area contributed by atoms with Crippen LogP contribution in [0.1, 0.15) is 31.0 Å². The fraction of sp³-hybridized carbons (Fsp3) is 0.357. The van der Waals surface area contributed by atoms with Crippen molar-refractivity contribution in [3.63, 3.8) is 0 Å². The number of carbonyl (C=O) groups is 2. The van der Waals surface area contributed by atoms with Crippen LogP contribution in [0.3, 0.4) is 0 Å². The predicted octanol–water partition coefficient (Wildman–Crippen LogP) is 1.06. The Kier molecular flexibility index (Phi) is 3.61. The fourth-order valence-corrected chi connectivity index (χ4v) is 2.41. The number of fused-ring (bicyclic) bond motifs is 1. The summed E-state index contributed by atoms with van der Waals surface area (Å²) < 4.78 is 10.9. The van der Waals surface area contributed by atoms with Crippen molar-refractivity contribution in [1.82, 2.24) is 5.32 Å². The zero-order valence-corrected chi connectivity index (χ0v) is 11.1. The third-order valence-corrected chi connectivity index (χ3v) is 3.28. The van der Waals surface area contributed by atoms with Crippen molar-refractivity contribution in [2.24, 2.45) is 0 Å². The number of ether oxygens (including phenoxy) is 2. The molecule has 1 aromatic rings. The lowest BCUT2D eigenvalue weighted by Gasteiger charge is -2.43. The second kappa shape index (κ2) is 5.21. The minimum Gasteiger partial charge on any atom is -0.484 e. The summed E-state index contributed by atoms with van der Waals surface area (Å²) in [5, 5.41) is 11.6. The van der Waals surface area contributed by atoms with E-state index in [-0.39, 0.29) is 0 Å². The molecule has 0 aromatic heterocycles. The number of carbonyl (C=O) groups excluding carboxylic acids is 2. The van der Waals surface area contributed by atoms with Crippen LogP contribution in [0.4, 0.5) is 0 Å². The van der Waals surface area contributed by atoms with Gasteiger partial charge in [0.15, 0.2) is 6.10 Å². The van der Waals surface area contributed by atoms with Gasteiger partial charge in [0.25, 0.3) is 6.47 Å². The summed E-state index contributed by atoms with van der Waals surface area (Å²) in [5.74, 6) is 0.555. The van der Waals surface area contributed by atoms with Crippen molar-refractivity contribution in [2.75, 3.05) is 0 Å². The van der Waals surface area contributed by atoms with E-state index >= 15 is 0 Å². The summed E-state index contributed by atoms with van der Waals surface area (Å²) in [7, 11) is 0. The molecule has 1 heterocycles.